The quantitative estimate of drug-likeness (QED) is 0.778. The zero-order valence-electron chi connectivity index (χ0n) is 16.6. The van der Waals surface area contributed by atoms with Gasteiger partial charge in [-0.25, -0.2) is 4.79 Å². The number of hydrogen-bond donors (Lipinski definition) is 1. The fraction of sp³-hybridized carbons (Fsp3) is 0.280. The summed E-state index contributed by atoms with van der Waals surface area (Å²) in [7, 11) is 0. The average Bonchev–Trinajstić information content (AvgIpc) is 2.74. The standard InChI is InChI=1S/C25H25NO3/c1-17-22(25(28)29-16-15-18-9-4-2-5-10-18)23(19-11-6-3-7-12-19)24-20(26-17)13-8-14-21(24)27/h2-7,9-13,23-24,26H,8,14-16H2,1H3. The Balaban J connectivity index is 1.62. The predicted octanol–water partition coefficient (Wildman–Crippen LogP) is 4.30. The molecule has 0 saturated carbocycles. The molecule has 4 heteroatoms. The van der Waals surface area contributed by atoms with Gasteiger partial charge in [0.05, 0.1) is 18.1 Å². The molecule has 2 aliphatic rings. The predicted molar refractivity (Wildman–Crippen MR) is 112 cm³/mol. The normalized spacial score (nSPS) is 21.1. The molecule has 0 radical (unpaired) electrons. The van der Waals surface area contributed by atoms with Crippen molar-refractivity contribution in [1.29, 1.82) is 0 Å². The molecular weight excluding hydrogens is 362 g/mol. The van der Waals surface area contributed by atoms with Crippen LogP contribution in [-0.2, 0) is 20.7 Å². The number of esters is 1. The van der Waals surface area contributed by atoms with Gasteiger partial charge in [-0.05, 0) is 24.5 Å². The molecule has 1 aliphatic carbocycles. The highest BCUT2D eigenvalue weighted by Gasteiger charge is 2.43. The fourth-order valence-corrected chi connectivity index (χ4v) is 4.29. The summed E-state index contributed by atoms with van der Waals surface area (Å²) in [5, 5.41) is 3.31. The molecule has 0 aromatic heterocycles. The van der Waals surface area contributed by atoms with Crippen molar-refractivity contribution in [1.82, 2.24) is 5.32 Å². The SMILES string of the molecule is CC1=C(C(=O)OCCc2ccccc2)C(c2ccccc2)C2C(=O)CCC=C2N1. The summed E-state index contributed by atoms with van der Waals surface area (Å²) in [6.07, 6.45) is 4.00. The Hall–Kier alpha value is -3.14. The van der Waals surface area contributed by atoms with Crippen LogP contribution in [0.25, 0.3) is 0 Å². The monoisotopic (exact) mass is 387 g/mol. The molecule has 0 amide bonds. The van der Waals surface area contributed by atoms with Crippen LogP contribution in [0.5, 0.6) is 0 Å². The Labute approximate surface area is 171 Å². The van der Waals surface area contributed by atoms with Gasteiger partial charge in [0.15, 0.2) is 0 Å². The van der Waals surface area contributed by atoms with E-state index in [0.29, 0.717) is 25.0 Å². The van der Waals surface area contributed by atoms with Crippen molar-refractivity contribution in [2.75, 3.05) is 6.61 Å². The Kier molecular flexibility index (Phi) is 5.61. The van der Waals surface area contributed by atoms with Crippen LogP contribution in [0.2, 0.25) is 0 Å². The minimum Gasteiger partial charge on any atom is -0.462 e. The number of nitrogens with one attached hydrogen (secondary N) is 1. The van der Waals surface area contributed by atoms with Crippen LogP contribution in [0.3, 0.4) is 0 Å². The third-order valence-corrected chi connectivity index (χ3v) is 5.66. The number of ketones is 1. The van der Waals surface area contributed by atoms with E-state index in [9.17, 15) is 9.59 Å². The van der Waals surface area contributed by atoms with Gasteiger partial charge in [-0.15, -0.1) is 0 Å². The third-order valence-electron chi connectivity index (χ3n) is 5.66. The summed E-state index contributed by atoms with van der Waals surface area (Å²) >= 11 is 0. The first-order valence-electron chi connectivity index (χ1n) is 10.1. The minimum absolute atomic E-state index is 0.172. The number of rotatable bonds is 5. The number of carbonyl (C=O) groups excluding carboxylic acids is 2. The summed E-state index contributed by atoms with van der Waals surface area (Å²) < 4.78 is 5.65. The molecule has 0 bridgehead atoms. The van der Waals surface area contributed by atoms with Gasteiger partial charge in [-0.1, -0.05) is 66.7 Å². The molecule has 4 rings (SSSR count). The molecule has 2 aromatic rings. The molecule has 2 atom stereocenters. The fourth-order valence-electron chi connectivity index (χ4n) is 4.29. The molecule has 148 valence electrons. The van der Waals surface area contributed by atoms with Crippen molar-refractivity contribution in [3.8, 4) is 0 Å². The van der Waals surface area contributed by atoms with Gasteiger partial charge in [0, 0.05) is 30.2 Å². The van der Waals surface area contributed by atoms with Crippen molar-refractivity contribution in [2.24, 2.45) is 5.92 Å². The topological polar surface area (TPSA) is 55.4 Å². The number of allylic oxidation sites excluding steroid dienone is 3. The van der Waals surface area contributed by atoms with Crippen LogP contribution in [0.15, 0.2) is 83.7 Å². The maximum Gasteiger partial charge on any atom is 0.336 e. The van der Waals surface area contributed by atoms with Gasteiger partial charge in [0.1, 0.15) is 5.78 Å². The van der Waals surface area contributed by atoms with E-state index < -0.39 is 0 Å². The molecular formula is C25H25NO3. The summed E-state index contributed by atoms with van der Waals surface area (Å²) in [4.78, 5) is 25.9. The molecule has 1 aliphatic heterocycles. The first-order chi connectivity index (χ1) is 14.1. The van der Waals surface area contributed by atoms with E-state index in [1.165, 1.54) is 0 Å². The lowest BCUT2D eigenvalue weighted by Gasteiger charge is -2.38. The lowest BCUT2D eigenvalue weighted by atomic mass is 9.71. The highest BCUT2D eigenvalue weighted by molar-refractivity contribution is 5.96. The Bertz CT molecular complexity index is 960. The van der Waals surface area contributed by atoms with Gasteiger partial charge in [0.2, 0.25) is 0 Å². The molecule has 1 heterocycles. The number of fused-ring (bicyclic) bond motifs is 1. The van der Waals surface area contributed by atoms with Crippen molar-refractivity contribution in [2.45, 2.75) is 32.1 Å². The number of ether oxygens (including phenoxy) is 1. The minimum atomic E-state index is -0.355. The first-order valence-corrected chi connectivity index (χ1v) is 10.1. The van der Waals surface area contributed by atoms with Gasteiger partial charge < -0.3 is 10.1 Å². The summed E-state index contributed by atoms with van der Waals surface area (Å²) in [6.45, 7) is 2.20. The van der Waals surface area contributed by atoms with Gasteiger partial charge in [0.25, 0.3) is 0 Å². The summed E-state index contributed by atoms with van der Waals surface area (Å²) in [6, 6.07) is 19.8. The third kappa shape index (κ3) is 4.02. The highest BCUT2D eigenvalue weighted by Crippen LogP contribution is 2.43. The second kappa shape index (κ2) is 8.48. The molecule has 4 nitrogen and oxygen atoms in total. The molecule has 1 N–H and O–H groups in total. The Morgan fingerprint density at radius 2 is 1.72 bits per heavy atom. The number of hydrogen-bond acceptors (Lipinski definition) is 4. The van der Waals surface area contributed by atoms with Gasteiger partial charge in [-0.2, -0.15) is 0 Å². The second-order valence-electron chi connectivity index (χ2n) is 7.57. The average molecular weight is 387 g/mol. The van der Waals surface area contributed by atoms with Crippen LogP contribution in [0.1, 0.15) is 36.8 Å². The molecule has 0 saturated heterocycles. The van der Waals surface area contributed by atoms with E-state index in [0.717, 1.165) is 28.9 Å². The lowest BCUT2D eigenvalue weighted by Crippen LogP contribution is -2.40. The second-order valence-corrected chi connectivity index (χ2v) is 7.57. The smallest absolute Gasteiger partial charge is 0.336 e. The first kappa shape index (κ1) is 19.2. The van der Waals surface area contributed by atoms with E-state index in [2.05, 4.69) is 11.4 Å². The van der Waals surface area contributed by atoms with Crippen molar-refractivity contribution >= 4 is 11.8 Å². The maximum atomic E-state index is 13.1. The van der Waals surface area contributed by atoms with Crippen molar-refractivity contribution in [3.63, 3.8) is 0 Å². The van der Waals surface area contributed by atoms with E-state index in [-0.39, 0.29) is 23.6 Å². The van der Waals surface area contributed by atoms with E-state index in [1.54, 1.807) is 0 Å². The van der Waals surface area contributed by atoms with Gasteiger partial charge in [-0.3, -0.25) is 4.79 Å². The molecule has 2 unspecified atom stereocenters. The number of benzene rings is 2. The van der Waals surface area contributed by atoms with E-state index in [1.807, 2.05) is 67.6 Å². The Morgan fingerprint density at radius 3 is 2.45 bits per heavy atom. The zero-order valence-corrected chi connectivity index (χ0v) is 16.6. The van der Waals surface area contributed by atoms with Crippen LogP contribution >= 0.6 is 0 Å². The largest absolute Gasteiger partial charge is 0.462 e. The molecule has 0 fully saturated rings. The molecule has 29 heavy (non-hydrogen) atoms. The maximum absolute atomic E-state index is 13.1. The Morgan fingerprint density at radius 1 is 1.03 bits per heavy atom. The molecule has 0 spiro atoms. The van der Waals surface area contributed by atoms with Crippen LogP contribution < -0.4 is 5.32 Å². The van der Waals surface area contributed by atoms with Crippen molar-refractivity contribution in [3.05, 3.63) is 94.8 Å². The molecule has 2 aromatic carbocycles. The highest BCUT2D eigenvalue weighted by atomic mass is 16.5. The van der Waals surface area contributed by atoms with Crippen LogP contribution in [0, 0.1) is 5.92 Å². The lowest BCUT2D eigenvalue weighted by molar-refractivity contribution is -0.139. The van der Waals surface area contributed by atoms with Gasteiger partial charge >= 0.3 is 5.97 Å². The van der Waals surface area contributed by atoms with Crippen LogP contribution in [-0.4, -0.2) is 18.4 Å². The zero-order chi connectivity index (χ0) is 20.2. The van der Waals surface area contributed by atoms with Crippen LogP contribution in [0.4, 0.5) is 0 Å². The van der Waals surface area contributed by atoms with E-state index >= 15 is 0 Å². The van der Waals surface area contributed by atoms with Crippen molar-refractivity contribution < 1.29 is 14.3 Å². The summed E-state index contributed by atoms with van der Waals surface area (Å²) in [5.41, 5.74) is 4.32. The van der Waals surface area contributed by atoms with E-state index in [4.69, 9.17) is 4.74 Å². The number of carbonyl (C=O) groups is 2. The summed E-state index contributed by atoms with van der Waals surface area (Å²) in [5.74, 6) is -0.851. The number of Topliss-reactive ketones (excluding diaryl/α,β-unsaturated/α-hetero) is 1.